The van der Waals surface area contributed by atoms with Crippen LogP contribution >= 0.6 is 11.3 Å². The third-order valence-corrected chi connectivity index (χ3v) is 3.97. The van der Waals surface area contributed by atoms with Crippen molar-refractivity contribution in [3.05, 3.63) is 58.4 Å². The molecule has 0 radical (unpaired) electrons. The van der Waals surface area contributed by atoms with Crippen LogP contribution in [0, 0.1) is 10.1 Å². The van der Waals surface area contributed by atoms with Crippen molar-refractivity contribution in [2.75, 3.05) is 11.9 Å². The number of aromatic nitrogens is 2. The summed E-state index contributed by atoms with van der Waals surface area (Å²) in [7, 11) is 0. The first kappa shape index (κ1) is 16.5. The molecule has 0 spiro atoms. The zero-order valence-corrected chi connectivity index (χ0v) is 13.4. The number of benzene rings is 1. The van der Waals surface area contributed by atoms with Gasteiger partial charge in [0.05, 0.1) is 15.1 Å². The van der Waals surface area contributed by atoms with Crippen LogP contribution in [0.15, 0.2) is 42.6 Å². The van der Waals surface area contributed by atoms with Crippen LogP contribution in [0.1, 0.15) is 10.5 Å². The Bertz CT molecular complexity index is 957. The minimum absolute atomic E-state index is 0.0571. The van der Waals surface area contributed by atoms with Gasteiger partial charge in [-0.2, -0.15) is 0 Å². The quantitative estimate of drug-likeness (QED) is 0.422. The van der Waals surface area contributed by atoms with Gasteiger partial charge in [0.15, 0.2) is 11.7 Å². The number of esters is 1. The van der Waals surface area contributed by atoms with Gasteiger partial charge in [-0.05, 0) is 18.2 Å². The standard InChI is InChI=1S/C15H10N4O5S/c20-13(8-24-14(21)11-3-1-2-6-16-11)18-15-17-10-5-4-9(19(22)23)7-12(10)25-15/h1-7H,8H2,(H,17,18,20). The van der Waals surface area contributed by atoms with E-state index in [0.29, 0.717) is 10.2 Å². The maximum absolute atomic E-state index is 11.8. The molecule has 0 saturated carbocycles. The molecule has 0 aliphatic rings. The zero-order chi connectivity index (χ0) is 17.8. The van der Waals surface area contributed by atoms with Crippen LogP contribution in [-0.4, -0.2) is 33.4 Å². The normalized spacial score (nSPS) is 10.4. The molecule has 1 N–H and O–H groups in total. The second kappa shape index (κ2) is 7.01. The van der Waals surface area contributed by atoms with Gasteiger partial charge in [0.1, 0.15) is 5.69 Å². The molecule has 2 aromatic heterocycles. The van der Waals surface area contributed by atoms with Crippen molar-refractivity contribution >= 4 is 44.2 Å². The van der Waals surface area contributed by atoms with E-state index >= 15 is 0 Å². The average molecular weight is 358 g/mol. The predicted molar refractivity (Wildman–Crippen MR) is 89.4 cm³/mol. The molecule has 0 aliphatic heterocycles. The molecule has 1 aromatic carbocycles. The molecule has 0 fully saturated rings. The first-order valence-corrected chi connectivity index (χ1v) is 7.77. The highest BCUT2D eigenvalue weighted by atomic mass is 32.1. The Labute approximate surface area is 144 Å². The summed E-state index contributed by atoms with van der Waals surface area (Å²) in [6.45, 7) is -0.495. The second-order valence-corrected chi connectivity index (χ2v) is 5.80. The van der Waals surface area contributed by atoms with Crippen molar-refractivity contribution in [2.45, 2.75) is 0 Å². The van der Waals surface area contributed by atoms with Crippen LogP contribution in [0.3, 0.4) is 0 Å². The lowest BCUT2D eigenvalue weighted by Crippen LogP contribution is -2.21. The number of carbonyl (C=O) groups is 2. The number of thiazole rings is 1. The predicted octanol–water partition coefficient (Wildman–Crippen LogP) is 2.40. The van der Waals surface area contributed by atoms with Gasteiger partial charge >= 0.3 is 5.97 Å². The minimum Gasteiger partial charge on any atom is -0.451 e. The lowest BCUT2D eigenvalue weighted by atomic mass is 10.3. The van der Waals surface area contributed by atoms with Gasteiger partial charge in [0.2, 0.25) is 0 Å². The van der Waals surface area contributed by atoms with Crippen LogP contribution in [-0.2, 0) is 9.53 Å². The number of ether oxygens (including phenoxy) is 1. The number of fused-ring (bicyclic) bond motifs is 1. The average Bonchev–Trinajstić information content (AvgIpc) is 3.01. The summed E-state index contributed by atoms with van der Waals surface area (Å²) >= 11 is 1.09. The number of nitrogens with one attached hydrogen (secondary N) is 1. The molecule has 1 amide bonds. The highest BCUT2D eigenvalue weighted by molar-refractivity contribution is 7.22. The lowest BCUT2D eigenvalue weighted by molar-refractivity contribution is -0.384. The fraction of sp³-hybridized carbons (Fsp3) is 0.0667. The monoisotopic (exact) mass is 358 g/mol. The summed E-state index contributed by atoms with van der Waals surface area (Å²) in [4.78, 5) is 41.8. The van der Waals surface area contributed by atoms with Gasteiger partial charge in [-0.1, -0.05) is 17.4 Å². The van der Waals surface area contributed by atoms with E-state index in [0.717, 1.165) is 11.3 Å². The van der Waals surface area contributed by atoms with E-state index in [2.05, 4.69) is 15.3 Å². The number of hydrogen-bond acceptors (Lipinski definition) is 8. The largest absolute Gasteiger partial charge is 0.451 e. The first-order valence-electron chi connectivity index (χ1n) is 6.96. The number of hydrogen-bond donors (Lipinski definition) is 1. The third-order valence-electron chi connectivity index (χ3n) is 3.04. The fourth-order valence-electron chi connectivity index (χ4n) is 1.92. The lowest BCUT2D eigenvalue weighted by Gasteiger charge is -2.03. The van der Waals surface area contributed by atoms with Crippen LogP contribution < -0.4 is 5.32 Å². The van der Waals surface area contributed by atoms with Gasteiger partial charge < -0.3 is 4.74 Å². The van der Waals surface area contributed by atoms with E-state index in [1.807, 2.05) is 0 Å². The molecule has 0 saturated heterocycles. The number of non-ortho nitro benzene ring substituents is 1. The highest BCUT2D eigenvalue weighted by Crippen LogP contribution is 2.29. The molecule has 0 unspecified atom stereocenters. The Hall–Kier alpha value is -3.40. The molecular formula is C15H10N4O5S. The molecular weight excluding hydrogens is 348 g/mol. The van der Waals surface area contributed by atoms with Crippen molar-refractivity contribution in [1.29, 1.82) is 0 Å². The van der Waals surface area contributed by atoms with Crippen molar-refractivity contribution < 1.29 is 19.2 Å². The van der Waals surface area contributed by atoms with E-state index in [9.17, 15) is 19.7 Å². The van der Waals surface area contributed by atoms with Crippen LogP contribution in [0.2, 0.25) is 0 Å². The van der Waals surface area contributed by atoms with Crippen molar-refractivity contribution in [1.82, 2.24) is 9.97 Å². The molecule has 3 rings (SSSR count). The summed E-state index contributed by atoms with van der Waals surface area (Å²) in [5, 5.41) is 13.5. The van der Waals surface area contributed by atoms with E-state index in [4.69, 9.17) is 4.74 Å². The van der Waals surface area contributed by atoms with Gasteiger partial charge in [0, 0.05) is 18.3 Å². The van der Waals surface area contributed by atoms with Crippen molar-refractivity contribution in [3.63, 3.8) is 0 Å². The number of amides is 1. The number of carbonyl (C=O) groups excluding carboxylic acids is 2. The molecule has 126 valence electrons. The second-order valence-electron chi connectivity index (χ2n) is 4.77. The zero-order valence-electron chi connectivity index (χ0n) is 12.5. The summed E-state index contributed by atoms with van der Waals surface area (Å²) in [6, 6.07) is 8.97. The smallest absolute Gasteiger partial charge is 0.357 e. The first-order chi connectivity index (χ1) is 12.0. The highest BCUT2D eigenvalue weighted by Gasteiger charge is 2.14. The number of nitrogens with zero attached hydrogens (tertiary/aromatic N) is 3. The number of nitro benzene ring substituents is 1. The van der Waals surface area contributed by atoms with E-state index in [1.54, 1.807) is 12.1 Å². The van der Waals surface area contributed by atoms with Crippen molar-refractivity contribution in [2.24, 2.45) is 0 Å². The fourth-order valence-corrected chi connectivity index (χ4v) is 2.84. The van der Waals surface area contributed by atoms with E-state index in [-0.39, 0.29) is 16.5 Å². The summed E-state index contributed by atoms with van der Waals surface area (Å²) < 4.78 is 5.43. The Kier molecular flexibility index (Phi) is 4.61. The maximum atomic E-state index is 11.8. The molecule has 10 heteroatoms. The van der Waals surface area contributed by atoms with E-state index in [1.165, 1.54) is 30.5 Å². The molecule has 0 bridgehead atoms. The molecule has 0 aliphatic carbocycles. The molecule has 2 heterocycles. The van der Waals surface area contributed by atoms with Crippen molar-refractivity contribution in [3.8, 4) is 0 Å². The molecule has 0 atom stereocenters. The van der Waals surface area contributed by atoms with Gasteiger partial charge in [-0.15, -0.1) is 0 Å². The van der Waals surface area contributed by atoms with Gasteiger partial charge in [-0.3, -0.25) is 20.2 Å². The molecule has 9 nitrogen and oxygen atoms in total. The Morgan fingerprint density at radius 2 is 2.12 bits per heavy atom. The topological polar surface area (TPSA) is 124 Å². The summed E-state index contributed by atoms with van der Waals surface area (Å²) in [5.41, 5.74) is 0.567. The molecule has 3 aromatic rings. The number of pyridine rings is 1. The van der Waals surface area contributed by atoms with Gasteiger partial charge in [0.25, 0.3) is 11.6 Å². The third kappa shape index (κ3) is 3.93. The minimum atomic E-state index is -0.712. The van der Waals surface area contributed by atoms with Crippen LogP contribution in [0.4, 0.5) is 10.8 Å². The van der Waals surface area contributed by atoms with E-state index < -0.39 is 23.4 Å². The van der Waals surface area contributed by atoms with Crippen LogP contribution in [0.5, 0.6) is 0 Å². The Morgan fingerprint density at radius 1 is 1.28 bits per heavy atom. The van der Waals surface area contributed by atoms with Crippen LogP contribution in [0.25, 0.3) is 10.2 Å². The Morgan fingerprint density at radius 3 is 2.84 bits per heavy atom. The Balaban J connectivity index is 1.62. The maximum Gasteiger partial charge on any atom is 0.357 e. The SMILES string of the molecule is O=C(COC(=O)c1ccccn1)Nc1nc2ccc([N+](=O)[O-])cc2s1. The van der Waals surface area contributed by atoms with Gasteiger partial charge in [-0.25, -0.2) is 14.8 Å². The number of rotatable bonds is 5. The summed E-state index contributed by atoms with van der Waals surface area (Å²) in [6.07, 6.45) is 1.44. The number of anilines is 1. The molecule has 25 heavy (non-hydrogen) atoms. The summed E-state index contributed by atoms with van der Waals surface area (Å²) in [5.74, 6) is -1.28. The number of nitro groups is 1.